The van der Waals surface area contributed by atoms with E-state index < -0.39 is 0 Å². The van der Waals surface area contributed by atoms with Crippen LogP contribution in [0.3, 0.4) is 0 Å². The molecule has 26 heavy (non-hydrogen) atoms. The zero-order chi connectivity index (χ0) is 18.4. The van der Waals surface area contributed by atoms with Crippen molar-refractivity contribution in [3.8, 4) is 22.8 Å². The van der Waals surface area contributed by atoms with Gasteiger partial charge in [0.1, 0.15) is 11.5 Å². The molecule has 0 saturated heterocycles. The van der Waals surface area contributed by atoms with E-state index in [0.29, 0.717) is 11.7 Å². The number of hydrogen-bond donors (Lipinski definition) is 1. The molecule has 7 heteroatoms. The number of hydrogen-bond acceptors (Lipinski definition) is 6. The fourth-order valence-corrected chi connectivity index (χ4v) is 3.51. The summed E-state index contributed by atoms with van der Waals surface area (Å²) in [4.78, 5) is 4.56. The van der Waals surface area contributed by atoms with Crippen LogP contribution < -0.4 is 14.9 Å². The van der Waals surface area contributed by atoms with E-state index in [1.165, 1.54) is 11.3 Å². The molecule has 5 nitrogen and oxygen atoms in total. The molecule has 0 saturated carbocycles. The van der Waals surface area contributed by atoms with Crippen LogP contribution in [0, 0.1) is 0 Å². The molecule has 1 aromatic heterocycles. The molecule has 1 heterocycles. The molecule has 0 radical (unpaired) electrons. The van der Waals surface area contributed by atoms with Crippen molar-refractivity contribution in [2.45, 2.75) is 6.92 Å². The van der Waals surface area contributed by atoms with Gasteiger partial charge in [0.05, 0.1) is 30.1 Å². The quantitative estimate of drug-likeness (QED) is 0.400. The van der Waals surface area contributed by atoms with Crippen LogP contribution in [-0.2, 0) is 0 Å². The molecule has 1 N–H and O–H groups in total. The van der Waals surface area contributed by atoms with Crippen LogP contribution in [0.15, 0.2) is 57.4 Å². The summed E-state index contributed by atoms with van der Waals surface area (Å²) in [5.74, 6) is 1.62. The first-order valence-electron chi connectivity index (χ1n) is 8.01. The number of para-hydroxylation sites is 1. The third kappa shape index (κ3) is 4.42. The van der Waals surface area contributed by atoms with Crippen molar-refractivity contribution in [1.82, 2.24) is 4.98 Å². The average Bonchev–Trinajstić information content (AvgIpc) is 3.13. The molecular formula is C19H18BrN3O2S. The van der Waals surface area contributed by atoms with Crippen LogP contribution in [0.2, 0.25) is 0 Å². The van der Waals surface area contributed by atoms with Gasteiger partial charge in [0.2, 0.25) is 5.13 Å². The van der Waals surface area contributed by atoms with Gasteiger partial charge >= 0.3 is 0 Å². The summed E-state index contributed by atoms with van der Waals surface area (Å²) in [5.41, 5.74) is 5.74. The van der Waals surface area contributed by atoms with Crippen LogP contribution in [0.1, 0.15) is 12.5 Å². The molecule has 0 atom stereocenters. The molecule has 0 aliphatic heterocycles. The lowest BCUT2D eigenvalue weighted by molar-refractivity contribution is 0.338. The summed E-state index contributed by atoms with van der Waals surface area (Å²) < 4.78 is 11.8. The summed E-state index contributed by atoms with van der Waals surface area (Å²) in [6.45, 7) is 2.59. The first kappa shape index (κ1) is 18.4. The minimum Gasteiger partial charge on any atom is -0.496 e. The molecule has 3 rings (SSSR count). The van der Waals surface area contributed by atoms with Gasteiger partial charge in [-0.15, -0.1) is 11.3 Å². The molecular weight excluding hydrogens is 414 g/mol. The first-order valence-corrected chi connectivity index (χ1v) is 9.69. The molecule has 0 aliphatic carbocycles. The Morgan fingerprint density at radius 2 is 2.08 bits per heavy atom. The Hall–Kier alpha value is -2.38. The number of thiazole rings is 1. The van der Waals surface area contributed by atoms with E-state index in [2.05, 4.69) is 31.4 Å². The summed E-state index contributed by atoms with van der Waals surface area (Å²) in [5, 5.41) is 6.95. The second-order valence-electron chi connectivity index (χ2n) is 5.23. The SMILES string of the molecule is CCOc1ccc(/C=N\Nc2nc(-c3ccccc3OC)cs2)cc1Br. The minimum atomic E-state index is 0.631. The molecule has 2 aromatic carbocycles. The Bertz CT molecular complexity index is 911. The number of hydrazone groups is 1. The van der Waals surface area contributed by atoms with E-state index >= 15 is 0 Å². The Labute approximate surface area is 164 Å². The van der Waals surface area contributed by atoms with Crippen molar-refractivity contribution in [3.63, 3.8) is 0 Å². The number of ether oxygens (including phenoxy) is 2. The third-order valence-electron chi connectivity index (χ3n) is 3.52. The van der Waals surface area contributed by atoms with Crippen LogP contribution in [0.5, 0.6) is 11.5 Å². The maximum absolute atomic E-state index is 5.50. The predicted molar refractivity (Wildman–Crippen MR) is 111 cm³/mol. The fourth-order valence-electron chi connectivity index (χ4n) is 2.34. The average molecular weight is 432 g/mol. The zero-order valence-corrected chi connectivity index (χ0v) is 16.8. The van der Waals surface area contributed by atoms with E-state index in [1.807, 2.05) is 54.8 Å². The number of benzene rings is 2. The van der Waals surface area contributed by atoms with E-state index in [9.17, 15) is 0 Å². The smallest absolute Gasteiger partial charge is 0.203 e. The molecule has 3 aromatic rings. The summed E-state index contributed by atoms with van der Waals surface area (Å²) in [6, 6.07) is 13.6. The largest absolute Gasteiger partial charge is 0.496 e. The van der Waals surface area contributed by atoms with Gasteiger partial charge in [0.25, 0.3) is 0 Å². The second-order valence-corrected chi connectivity index (χ2v) is 6.94. The first-order chi connectivity index (χ1) is 12.7. The van der Waals surface area contributed by atoms with E-state index in [1.54, 1.807) is 13.3 Å². The number of anilines is 1. The summed E-state index contributed by atoms with van der Waals surface area (Å²) in [7, 11) is 1.66. The molecule has 0 bridgehead atoms. The number of rotatable bonds is 7. The molecule has 0 fully saturated rings. The Morgan fingerprint density at radius 3 is 2.85 bits per heavy atom. The lowest BCUT2D eigenvalue weighted by Crippen LogP contribution is -1.94. The topological polar surface area (TPSA) is 55.7 Å². The Morgan fingerprint density at radius 1 is 1.23 bits per heavy atom. The van der Waals surface area contributed by atoms with Crippen molar-refractivity contribution in [2.75, 3.05) is 19.1 Å². The number of methoxy groups -OCH3 is 1. The highest BCUT2D eigenvalue weighted by Gasteiger charge is 2.09. The normalized spacial score (nSPS) is 10.9. The maximum Gasteiger partial charge on any atom is 0.203 e. The summed E-state index contributed by atoms with van der Waals surface area (Å²) in [6.07, 6.45) is 1.74. The molecule has 0 amide bonds. The van der Waals surface area contributed by atoms with Gasteiger partial charge in [-0.05, 0) is 58.7 Å². The van der Waals surface area contributed by atoms with Gasteiger partial charge in [0.15, 0.2) is 0 Å². The molecule has 0 unspecified atom stereocenters. The van der Waals surface area contributed by atoms with Crippen LogP contribution >= 0.6 is 27.3 Å². The van der Waals surface area contributed by atoms with Crippen molar-refractivity contribution < 1.29 is 9.47 Å². The van der Waals surface area contributed by atoms with E-state index in [-0.39, 0.29) is 0 Å². The highest BCUT2D eigenvalue weighted by Crippen LogP contribution is 2.31. The number of nitrogens with one attached hydrogen (secondary N) is 1. The van der Waals surface area contributed by atoms with Crippen LogP contribution in [0.25, 0.3) is 11.3 Å². The highest BCUT2D eigenvalue weighted by atomic mass is 79.9. The van der Waals surface area contributed by atoms with Crippen LogP contribution in [0.4, 0.5) is 5.13 Å². The summed E-state index contributed by atoms with van der Waals surface area (Å²) >= 11 is 4.99. The van der Waals surface area contributed by atoms with Gasteiger partial charge in [0, 0.05) is 10.9 Å². The minimum absolute atomic E-state index is 0.631. The molecule has 0 aliphatic rings. The highest BCUT2D eigenvalue weighted by molar-refractivity contribution is 9.10. The van der Waals surface area contributed by atoms with E-state index in [4.69, 9.17) is 9.47 Å². The zero-order valence-electron chi connectivity index (χ0n) is 14.4. The second kappa shape index (κ2) is 8.82. The Balaban J connectivity index is 1.68. The van der Waals surface area contributed by atoms with Gasteiger partial charge in [-0.1, -0.05) is 12.1 Å². The van der Waals surface area contributed by atoms with Gasteiger partial charge < -0.3 is 9.47 Å². The lowest BCUT2D eigenvalue weighted by atomic mass is 10.1. The third-order valence-corrected chi connectivity index (χ3v) is 4.88. The lowest BCUT2D eigenvalue weighted by Gasteiger charge is -2.05. The van der Waals surface area contributed by atoms with Crippen molar-refractivity contribution in [3.05, 3.63) is 57.9 Å². The van der Waals surface area contributed by atoms with Crippen molar-refractivity contribution in [2.24, 2.45) is 5.10 Å². The predicted octanol–water partition coefficient (Wildman–Crippen LogP) is 5.43. The van der Waals surface area contributed by atoms with Crippen molar-refractivity contribution in [1.29, 1.82) is 0 Å². The van der Waals surface area contributed by atoms with Gasteiger partial charge in [-0.2, -0.15) is 5.10 Å². The Kier molecular flexibility index (Phi) is 6.25. The fraction of sp³-hybridized carbons (Fsp3) is 0.158. The monoisotopic (exact) mass is 431 g/mol. The van der Waals surface area contributed by atoms with E-state index in [0.717, 1.165) is 32.8 Å². The van der Waals surface area contributed by atoms with Gasteiger partial charge in [-0.25, -0.2) is 4.98 Å². The maximum atomic E-state index is 5.50. The number of aromatic nitrogens is 1. The van der Waals surface area contributed by atoms with Gasteiger partial charge in [-0.3, -0.25) is 5.43 Å². The van der Waals surface area contributed by atoms with Crippen molar-refractivity contribution >= 4 is 38.6 Å². The standard InChI is InChI=1S/C19H18BrN3O2S/c1-3-25-18-9-8-13(10-15(18)20)11-21-23-19-22-16(12-26-19)14-6-4-5-7-17(14)24-2/h4-12H,3H2,1-2H3,(H,22,23)/b21-11-. The molecule has 0 spiro atoms. The molecule has 134 valence electrons. The number of nitrogens with zero attached hydrogens (tertiary/aromatic N) is 2. The number of halogens is 1. The van der Waals surface area contributed by atoms with Crippen LogP contribution in [-0.4, -0.2) is 24.9 Å².